The fraction of sp³-hybridized carbons (Fsp3) is 0.188. The molecule has 2 heterocycles. The molecule has 0 fully saturated rings. The molecule has 124 valence electrons. The number of halogens is 2. The molecule has 0 spiro atoms. The van der Waals surface area contributed by atoms with Crippen LogP contribution in [0.1, 0.15) is 12.5 Å². The first-order valence-electron chi connectivity index (χ1n) is 7.21. The molecule has 0 aliphatic heterocycles. The van der Waals surface area contributed by atoms with Gasteiger partial charge in [0.15, 0.2) is 16.6 Å². The molecule has 3 rings (SSSR count). The van der Waals surface area contributed by atoms with Gasteiger partial charge in [-0.25, -0.2) is 14.2 Å². The maximum atomic E-state index is 13.7. The summed E-state index contributed by atoms with van der Waals surface area (Å²) in [5.41, 5.74) is -0.661. The van der Waals surface area contributed by atoms with E-state index in [4.69, 9.17) is 16.4 Å². The number of pyridine rings is 1. The standard InChI is InChI=1S/C16H13ClFN3O3/c1-2-20-14-11(8-12(18)13(17)19-14)15(22)21(16(20)23)24-9-10-6-4-3-5-7-10/h3-8H,2,9H2,1H3. The second-order valence-electron chi connectivity index (χ2n) is 5.02. The Labute approximate surface area is 140 Å². The second-order valence-corrected chi connectivity index (χ2v) is 5.38. The van der Waals surface area contributed by atoms with Crippen molar-refractivity contribution in [2.24, 2.45) is 0 Å². The van der Waals surface area contributed by atoms with E-state index < -0.39 is 22.2 Å². The van der Waals surface area contributed by atoms with Crippen LogP contribution in [0.25, 0.3) is 11.0 Å². The topological polar surface area (TPSA) is 66.1 Å². The van der Waals surface area contributed by atoms with Crippen LogP contribution in [0.4, 0.5) is 4.39 Å². The van der Waals surface area contributed by atoms with Gasteiger partial charge in [-0.15, -0.1) is 0 Å². The average molecular weight is 350 g/mol. The van der Waals surface area contributed by atoms with Gasteiger partial charge in [-0.2, -0.15) is 0 Å². The van der Waals surface area contributed by atoms with Crippen molar-refractivity contribution < 1.29 is 9.23 Å². The van der Waals surface area contributed by atoms with Crippen LogP contribution < -0.4 is 16.1 Å². The van der Waals surface area contributed by atoms with Crippen LogP contribution in [0.3, 0.4) is 0 Å². The highest BCUT2D eigenvalue weighted by atomic mass is 35.5. The molecule has 0 amide bonds. The van der Waals surface area contributed by atoms with Crippen molar-refractivity contribution >= 4 is 22.6 Å². The number of nitrogens with zero attached hydrogens (tertiary/aromatic N) is 3. The third-order valence-electron chi connectivity index (χ3n) is 3.51. The van der Waals surface area contributed by atoms with Crippen molar-refractivity contribution in [1.29, 1.82) is 0 Å². The molecule has 0 N–H and O–H groups in total. The van der Waals surface area contributed by atoms with Crippen LogP contribution in [0.2, 0.25) is 5.15 Å². The summed E-state index contributed by atoms with van der Waals surface area (Å²) in [5.74, 6) is -0.836. The maximum absolute atomic E-state index is 13.7. The number of aromatic nitrogens is 3. The molecule has 1 aromatic carbocycles. The fourth-order valence-electron chi connectivity index (χ4n) is 2.33. The van der Waals surface area contributed by atoms with Gasteiger partial charge in [-0.1, -0.05) is 46.7 Å². The largest absolute Gasteiger partial charge is 0.401 e. The van der Waals surface area contributed by atoms with Gasteiger partial charge in [-0.05, 0) is 18.6 Å². The van der Waals surface area contributed by atoms with Crippen molar-refractivity contribution in [2.45, 2.75) is 20.1 Å². The van der Waals surface area contributed by atoms with Crippen molar-refractivity contribution in [3.05, 3.63) is 73.8 Å². The summed E-state index contributed by atoms with van der Waals surface area (Å²) in [5, 5.41) is -0.474. The summed E-state index contributed by atoms with van der Waals surface area (Å²) >= 11 is 5.66. The zero-order valence-corrected chi connectivity index (χ0v) is 13.5. The van der Waals surface area contributed by atoms with Crippen LogP contribution in [0.5, 0.6) is 0 Å². The third-order valence-corrected chi connectivity index (χ3v) is 3.77. The molecule has 6 nitrogen and oxygen atoms in total. The second kappa shape index (κ2) is 6.45. The van der Waals surface area contributed by atoms with E-state index in [1.165, 1.54) is 4.57 Å². The summed E-state index contributed by atoms with van der Waals surface area (Å²) in [7, 11) is 0. The summed E-state index contributed by atoms with van der Waals surface area (Å²) in [4.78, 5) is 34.1. The van der Waals surface area contributed by atoms with Gasteiger partial charge in [0, 0.05) is 6.54 Å². The van der Waals surface area contributed by atoms with Gasteiger partial charge < -0.3 is 4.84 Å². The summed E-state index contributed by atoms with van der Waals surface area (Å²) in [6.07, 6.45) is 0. The SMILES string of the molecule is CCn1c(=O)n(OCc2ccccc2)c(=O)c2cc(F)c(Cl)nc21. The quantitative estimate of drug-likeness (QED) is 0.676. The number of hydrogen-bond donors (Lipinski definition) is 0. The molecule has 0 bridgehead atoms. The predicted octanol–water partition coefficient (Wildman–Crippen LogP) is 2.00. The van der Waals surface area contributed by atoms with Gasteiger partial charge in [0.05, 0.1) is 5.39 Å². The zero-order chi connectivity index (χ0) is 17.3. The first-order chi connectivity index (χ1) is 11.5. The van der Waals surface area contributed by atoms with Crippen LogP contribution in [-0.4, -0.2) is 14.3 Å². The number of rotatable bonds is 4. The Morgan fingerprint density at radius 1 is 1.25 bits per heavy atom. The summed E-state index contributed by atoms with van der Waals surface area (Å²) < 4.78 is 15.5. The molecule has 24 heavy (non-hydrogen) atoms. The van der Waals surface area contributed by atoms with Gasteiger partial charge >= 0.3 is 5.69 Å². The van der Waals surface area contributed by atoms with Crippen LogP contribution in [0, 0.1) is 5.82 Å². The molecule has 0 aliphatic rings. The van der Waals surface area contributed by atoms with Crippen LogP contribution in [0.15, 0.2) is 46.0 Å². The lowest BCUT2D eigenvalue weighted by Crippen LogP contribution is -2.43. The Hall–Kier alpha value is -2.67. The first-order valence-corrected chi connectivity index (χ1v) is 7.59. The number of benzene rings is 1. The zero-order valence-electron chi connectivity index (χ0n) is 12.7. The fourth-order valence-corrected chi connectivity index (χ4v) is 2.46. The highest BCUT2D eigenvalue weighted by Gasteiger charge is 2.17. The number of fused-ring (bicyclic) bond motifs is 1. The third kappa shape index (κ3) is 2.78. The molecule has 0 aliphatic carbocycles. The molecule has 3 aromatic rings. The van der Waals surface area contributed by atoms with Crippen LogP contribution >= 0.6 is 11.6 Å². The van der Waals surface area contributed by atoms with E-state index in [0.29, 0.717) is 4.73 Å². The minimum absolute atomic E-state index is 0.0225. The normalized spacial score (nSPS) is 11.0. The van der Waals surface area contributed by atoms with Crippen molar-refractivity contribution in [2.75, 3.05) is 0 Å². The van der Waals surface area contributed by atoms with E-state index >= 15 is 0 Å². The smallest absolute Gasteiger partial charge is 0.366 e. The van der Waals surface area contributed by atoms with E-state index in [0.717, 1.165) is 11.6 Å². The molecule has 0 atom stereocenters. The van der Waals surface area contributed by atoms with E-state index in [9.17, 15) is 14.0 Å². The minimum atomic E-state index is -0.836. The average Bonchev–Trinajstić information content (AvgIpc) is 2.58. The van der Waals surface area contributed by atoms with Crippen LogP contribution in [-0.2, 0) is 13.2 Å². The van der Waals surface area contributed by atoms with Crippen molar-refractivity contribution in [3.63, 3.8) is 0 Å². The molecule has 0 radical (unpaired) electrons. The predicted molar refractivity (Wildman–Crippen MR) is 87.6 cm³/mol. The molecule has 2 aromatic heterocycles. The summed E-state index contributed by atoms with van der Waals surface area (Å²) in [6, 6.07) is 10.0. The van der Waals surface area contributed by atoms with Crippen molar-refractivity contribution in [3.8, 4) is 0 Å². The molecular weight excluding hydrogens is 337 g/mol. The van der Waals surface area contributed by atoms with E-state index in [1.807, 2.05) is 18.2 Å². The first kappa shape index (κ1) is 16.2. The Kier molecular flexibility index (Phi) is 4.35. The van der Waals surface area contributed by atoms with E-state index in [-0.39, 0.29) is 24.2 Å². The van der Waals surface area contributed by atoms with E-state index in [2.05, 4.69) is 4.98 Å². The Bertz CT molecular complexity index is 1010. The van der Waals surface area contributed by atoms with Gasteiger partial charge in [-0.3, -0.25) is 9.36 Å². The molecular formula is C16H13ClFN3O3. The van der Waals surface area contributed by atoms with Gasteiger partial charge in [0.25, 0.3) is 5.56 Å². The highest BCUT2D eigenvalue weighted by Crippen LogP contribution is 2.15. The molecule has 8 heteroatoms. The Morgan fingerprint density at radius 2 is 1.96 bits per heavy atom. The lowest BCUT2D eigenvalue weighted by Gasteiger charge is -2.13. The molecule has 0 unspecified atom stereocenters. The van der Waals surface area contributed by atoms with Gasteiger partial charge in [0.1, 0.15) is 6.61 Å². The Balaban J connectivity index is 2.16. The maximum Gasteiger partial charge on any atom is 0.366 e. The van der Waals surface area contributed by atoms with Gasteiger partial charge in [0.2, 0.25) is 0 Å². The summed E-state index contributed by atoms with van der Waals surface area (Å²) in [6.45, 7) is 1.94. The molecule has 0 saturated heterocycles. The highest BCUT2D eigenvalue weighted by molar-refractivity contribution is 6.29. The van der Waals surface area contributed by atoms with Crippen molar-refractivity contribution in [1.82, 2.24) is 14.3 Å². The number of aryl methyl sites for hydroxylation is 1. The van der Waals surface area contributed by atoms with E-state index in [1.54, 1.807) is 19.1 Å². The lowest BCUT2D eigenvalue weighted by molar-refractivity contribution is 0.0773. The Morgan fingerprint density at radius 3 is 2.62 bits per heavy atom. The number of hydrogen-bond acceptors (Lipinski definition) is 4. The lowest BCUT2D eigenvalue weighted by atomic mass is 10.2. The molecule has 0 saturated carbocycles. The minimum Gasteiger partial charge on any atom is -0.401 e. The monoisotopic (exact) mass is 349 g/mol.